The van der Waals surface area contributed by atoms with Gasteiger partial charge < -0.3 is 24.1 Å². The molecule has 1 aromatic carbocycles. The van der Waals surface area contributed by atoms with Crippen molar-refractivity contribution < 1.29 is 28.4 Å². The van der Waals surface area contributed by atoms with Gasteiger partial charge in [-0.15, -0.1) is 0 Å². The molecule has 162 valence electrons. The predicted molar refractivity (Wildman–Crippen MR) is 102 cm³/mol. The first kappa shape index (κ1) is 20.7. The predicted octanol–water partition coefficient (Wildman–Crippen LogP) is 0.616. The third-order valence-corrected chi connectivity index (χ3v) is 5.23. The van der Waals surface area contributed by atoms with Crippen LogP contribution >= 0.6 is 0 Å². The van der Waals surface area contributed by atoms with Crippen LogP contribution in [0.4, 0.5) is 4.39 Å². The maximum Gasteiger partial charge on any atom is 0.333 e. The minimum atomic E-state index is -1.10. The molecule has 0 saturated carbocycles. The van der Waals surface area contributed by atoms with Gasteiger partial charge in [0, 0.05) is 0 Å². The summed E-state index contributed by atoms with van der Waals surface area (Å²) in [5.41, 5.74) is -1.18. The molecular formula is C20H23FN2O7. The topological polar surface area (TPSA) is 101 Å². The van der Waals surface area contributed by atoms with Gasteiger partial charge in [0.25, 0.3) is 5.56 Å². The van der Waals surface area contributed by atoms with Gasteiger partial charge in [0.05, 0.1) is 26.5 Å². The van der Waals surface area contributed by atoms with Crippen LogP contribution in [0.25, 0.3) is 0 Å². The summed E-state index contributed by atoms with van der Waals surface area (Å²) in [5.74, 6) is -1.44. The summed E-state index contributed by atoms with van der Waals surface area (Å²) in [5, 5.41) is 9.62. The summed E-state index contributed by atoms with van der Waals surface area (Å²) >= 11 is 0. The van der Waals surface area contributed by atoms with Crippen molar-refractivity contribution in [1.29, 1.82) is 0 Å². The smallest absolute Gasteiger partial charge is 0.333 e. The number of fused-ring (bicyclic) bond motifs is 1. The second-order valence-electron chi connectivity index (χ2n) is 7.72. The summed E-state index contributed by atoms with van der Waals surface area (Å²) in [4.78, 5) is 25.4. The van der Waals surface area contributed by atoms with E-state index in [-0.39, 0.29) is 13.2 Å². The Morgan fingerprint density at radius 2 is 1.83 bits per heavy atom. The first-order chi connectivity index (χ1) is 14.2. The van der Waals surface area contributed by atoms with Crippen molar-refractivity contribution in [3.8, 4) is 5.75 Å². The number of aliphatic hydroxyl groups is 1. The van der Waals surface area contributed by atoms with E-state index in [1.165, 1.54) is 7.11 Å². The van der Waals surface area contributed by atoms with E-state index in [0.29, 0.717) is 11.3 Å². The zero-order valence-electron chi connectivity index (χ0n) is 16.8. The third-order valence-electron chi connectivity index (χ3n) is 5.23. The molecule has 1 N–H and O–H groups in total. The molecule has 2 aliphatic rings. The number of halogens is 1. The molecule has 0 amide bonds. The maximum absolute atomic E-state index is 14.5. The lowest BCUT2D eigenvalue weighted by Gasteiger charge is -2.24. The number of aliphatic hydroxyl groups excluding tert-OH is 1. The Morgan fingerprint density at radius 3 is 2.47 bits per heavy atom. The van der Waals surface area contributed by atoms with E-state index in [1.807, 2.05) is 0 Å². The molecule has 2 saturated heterocycles. The van der Waals surface area contributed by atoms with Gasteiger partial charge in [0.15, 0.2) is 12.0 Å². The largest absolute Gasteiger partial charge is 0.497 e. The van der Waals surface area contributed by atoms with Crippen molar-refractivity contribution in [2.45, 2.75) is 50.7 Å². The lowest BCUT2D eigenvalue weighted by molar-refractivity contribution is -0.200. The molecule has 2 aliphatic heterocycles. The van der Waals surface area contributed by atoms with Gasteiger partial charge in [-0.3, -0.25) is 13.9 Å². The molecule has 4 rings (SSSR count). The maximum atomic E-state index is 14.5. The summed E-state index contributed by atoms with van der Waals surface area (Å²) in [6, 6.07) is 6.72. The van der Waals surface area contributed by atoms with Crippen molar-refractivity contribution in [1.82, 2.24) is 9.13 Å². The van der Waals surface area contributed by atoms with E-state index < -0.39 is 47.4 Å². The Kier molecular flexibility index (Phi) is 5.27. The van der Waals surface area contributed by atoms with Crippen molar-refractivity contribution in [3.63, 3.8) is 0 Å². The molecule has 0 unspecified atom stereocenters. The van der Waals surface area contributed by atoms with Crippen molar-refractivity contribution in [2.24, 2.45) is 0 Å². The molecule has 0 spiro atoms. The summed E-state index contributed by atoms with van der Waals surface area (Å²) < 4.78 is 38.7. The van der Waals surface area contributed by atoms with Crippen molar-refractivity contribution in [3.05, 3.63) is 62.7 Å². The summed E-state index contributed by atoms with van der Waals surface area (Å²) in [6.45, 7) is 2.90. The lowest BCUT2D eigenvalue weighted by atomic mass is 10.1. The van der Waals surface area contributed by atoms with Crippen molar-refractivity contribution >= 4 is 0 Å². The molecule has 3 heterocycles. The molecule has 4 atom stereocenters. The molecule has 1 aromatic heterocycles. The average Bonchev–Trinajstić information content (AvgIpc) is 3.21. The SMILES string of the molecule is COc1ccc(Cn2c(=O)c(F)cn([C@@H]3O[C@H](CO)[C@H]4OC(C)(C)O[C@H]43)c2=O)cc1. The monoisotopic (exact) mass is 422 g/mol. The van der Waals surface area contributed by atoms with Crippen molar-refractivity contribution in [2.75, 3.05) is 13.7 Å². The van der Waals surface area contributed by atoms with Crippen LogP contribution in [-0.4, -0.2) is 52.1 Å². The minimum Gasteiger partial charge on any atom is -0.497 e. The second kappa shape index (κ2) is 7.62. The molecule has 2 aromatic rings. The lowest BCUT2D eigenvalue weighted by Crippen LogP contribution is -2.44. The van der Waals surface area contributed by atoms with Crippen LogP contribution in [0.15, 0.2) is 40.1 Å². The van der Waals surface area contributed by atoms with Crippen LogP contribution in [0.1, 0.15) is 25.6 Å². The molecule has 0 aliphatic carbocycles. The van der Waals surface area contributed by atoms with E-state index in [4.69, 9.17) is 18.9 Å². The van der Waals surface area contributed by atoms with Gasteiger partial charge in [-0.05, 0) is 31.5 Å². The van der Waals surface area contributed by atoms with Crippen LogP contribution in [-0.2, 0) is 20.8 Å². The van der Waals surface area contributed by atoms with E-state index in [9.17, 15) is 19.1 Å². The first-order valence-corrected chi connectivity index (χ1v) is 9.50. The Bertz CT molecular complexity index is 1050. The Balaban J connectivity index is 1.73. The number of hydrogen-bond acceptors (Lipinski definition) is 7. The van der Waals surface area contributed by atoms with Crippen LogP contribution < -0.4 is 16.0 Å². The minimum absolute atomic E-state index is 0.132. The summed E-state index contributed by atoms with van der Waals surface area (Å²) in [6.07, 6.45) is -2.38. The van der Waals surface area contributed by atoms with Gasteiger partial charge in [-0.1, -0.05) is 12.1 Å². The number of ether oxygens (including phenoxy) is 4. The zero-order valence-corrected chi connectivity index (χ0v) is 16.8. The van der Waals surface area contributed by atoms with Crippen LogP contribution in [0.3, 0.4) is 0 Å². The number of rotatable bonds is 5. The normalized spacial score (nSPS) is 27.2. The van der Waals surface area contributed by atoms with Crippen LogP contribution in [0.5, 0.6) is 5.75 Å². The number of benzene rings is 1. The highest BCUT2D eigenvalue weighted by Crippen LogP contribution is 2.42. The quantitative estimate of drug-likeness (QED) is 0.754. The van der Waals surface area contributed by atoms with E-state index >= 15 is 0 Å². The number of aromatic nitrogens is 2. The number of hydrogen-bond donors (Lipinski definition) is 1. The van der Waals surface area contributed by atoms with Gasteiger partial charge in [0.1, 0.15) is 24.1 Å². The molecule has 2 fully saturated rings. The zero-order chi connectivity index (χ0) is 21.6. The fourth-order valence-electron chi connectivity index (χ4n) is 3.85. The Hall–Kier alpha value is -2.53. The van der Waals surface area contributed by atoms with E-state index in [0.717, 1.165) is 15.3 Å². The Labute approximate surface area is 171 Å². The average molecular weight is 422 g/mol. The Morgan fingerprint density at radius 1 is 1.17 bits per heavy atom. The highest BCUT2D eigenvalue weighted by Gasteiger charge is 2.56. The molecular weight excluding hydrogens is 399 g/mol. The van der Waals surface area contributed by atoms with Gasteiger partial charge in [-0.25, -0.2) is 4.79 Å². The van der Waals surface area contributed by atoms with Gasteiger partial charge >= 0.3 is 5.69 Å². The first-order valence-electron chi connectivity index (χ1n) is 9.50. The molecule has 10 heteroatoms. The standard InChI is InChI=1S/C20H23FN2O7/c1-20(2)29-15-14(10-24)28-18(16(15)30-20)23-9-13(21)17(25)22(19(23)26)8-11-4-6-12(27-3)7-5-11/h4-7,9,14-16,18,24H,8,10H2,1-3H3/t14-,15-,16-,18-/m1/s1. The molecule has 0 bridgehead atoms. The molecule has 0 radical (unpaired) electrons. The molecule has 30 heavy (non-hydrogen) atoms. The fourth-order valence-corrected chi connectivity index (χ4v) is 3.85. The van der Waals surface area contributed by atoms with Gasteiger partial charge in [0.2, 0.25) is 5.82 Å². The van der Waals surface area contributed by atoms with Crippen LogP contribution in [0, 0.1) is 5.82 Å². The summed E-state index contributed by atoms with van der Waals surface area (Å²) in [7, 11) is 1.52. The third kappa shape index (κ3) is 3.56. The number of methoxy groups -OCH3 is 1. The highest BCUT2D eigenvalue weighted by atomic mass is 19.1. The van der Waals surface area contributed by atoms with E-state index in [1.54, 1.807) is 38.1 Å². The second-order valence-corrected chi connectivity index (χ2v) is 7.72. The van der Waals surface area contributed by atoms with Crippen LogP contribution in [0.2, 0.25) is 0 Å². The van der Waals surface area contributed by atoms with E-state index in [2.05, 4.69) is 0 Å². The fraction of sp³-hybridized carbons (Fsp3) is 0.500. The number of nitrogens with zero attached hydrogens (tertiary/aromatic N) is 2. The highest BCUT2D eigenvalue weighted by molar-refractivity contribution is 5.27. The van der Waals surface area contributed by atoms with Gasteiger partial charge in [-0.2, -0.15) is 4.39 Å². The molecule has 9 nitrogen and oxygen atoms in total.